The molecule has 0 unspecified atom stereocenters. The molecule has 0 radical (unpaired) electrons. The number of thioether (sulfide) groups is 1. The van der Waals surface area contributed by atoms with Gasteiger partial charge in [-0.05, 0) is 41.4 Å². The maximum atomic E-state index is 12.4. The van der Waals surface area contributed by atoms with E-state index in [0.717, 1.165) is 22.6 Å². The van der Waals surface area contributed by atoms with Crippen molar-refractivity contribution in [3.05, 3.63) is 65.2 Å². The van der Waals surface area contributed by atoms with E-state index in [0.29, 0.717) is 11.7 Å². The standard InChI is InChI=1S/C20H26N2OS.ClH/c1-14(2)24-13-17-10-7-11-19(15(17)3)22-20(23)18(21)12-16-8-5-4-6-9-16;/h4-11,14,18H,12-13,21H2,1-3H3,(H,22,23);1H/t18-;/m0./s1. The fraction of sp³-hybridized carbons (Fsp3) is 0.350. The fourth-order valence-electron chi connectivity index (χ4n) is 2.42. The molecule has 1 atom stereocenters. The van der Waals surface area contributed by atoms with Crippen LogP contribution in [0.2, 0.25) is 0 Å². The van der Waals surface area contributed by atoms with Crippen LogP contribution in [0.5, 0.6) is 0 Å². The maximum absolute atomic E-state index is 12.4. The van der Waals surface area contributed by atoms with Gasteiger partial charge in [0.2, 0.25) is 5.91 Å². The molecule has 3 N–H and O–H groups in total. The average Bonchev–Trinajstić information content (AvgIpc) is 2.56. The predicted octanol–water partition coefficient (Wildman–Crippen LogP) is 4.57. The summed E-state index contributed by atoms with van der Waals surface area (Å²) in [5.74, 6) is 0.805. The van der Waals surface area contributed by atoms with Crippen molar-refractivity contribution in [2.24, 2.45) is 5.73 Å². The van der Waals surface area contributed by atoms with Crippen molar-refractivity contribution in [2.75, 3.05) is 5.32 Å². The first-order valence-electron chi connectivity index (χ1n) is 8.28. The largest absolute Gasteiger partial charge is 0.324 e. The summed E-state index contributed by atoms with van der Waals surface area (Å²) in [7, 11) is 0. The molecular weight excluding hydrogens is 352 g/mol. The van der Waals surface area contributed by atoms with Crippen LogP contribution in [0.25, 0.3) is 0 Å². The maximum Gasteiger partial charge on any atom is 0.241 e. The van der Waals surface area contributed by atoms with Crippen molar-refractivity contribution in [1.29, 1.82) is 0 Å². The molecule has 0 bridgehead atoms. The molecule has 0 heterocycles. The zero-order valence-corrected chi connectivity index (χ0v) is 16.6. The molecule has 0 aliphatic carbocycles. The first kappa shape index (κ1) is 21.6. The van der Waals surface area contributed by atoms with Gasteiger partial charge < -0.3 is 11.1 Å². The van der Waals surface area contributed by atoms with E-state index in [1.165, 1.54) is 5.56 Å². The number of nitrogens with two attached hydrogens (primary N) is 1. The van der Waals surface area contributed by atoms with Gasteiger partial charge >= 0.3 is 0 Å². The molecule has 0 saturated heterocycles. The van der Waals surface area contributed by atoms with Gasteiger partial charge in [0.1, 0.15) is 0 Å². The lowest BCUT2D eigenvalue weighted by Gasteiger charge is -2.16. The molecule has 0 fully saturated rings. The monoisotopic (exact) mass is 378 g/mol. The molecule has 0 saturated carbocycles. The average molecular weight is 379 g/mol. The Morgan fingerprint density at radius 1 is 1.12 bits per heavy atom. The molecule has 25 heavy (non-hydrogen) atoms. The normalized spacial score (nSPS) is 11.7. The third-order valence-corrected chi connectivity index (χ3v) is 5.06. The summed E-state index contributed by atoms with van der Waals surface area (Å²) in [5.41, 5.74) is 10.4. The van der Waals surface area contributed by atoms with Crippen molar-refractivity contribution in [3.63, 3.8) is 0 Å². The van der Waals surface area contributed by atoms with Crippen molar-refractivity contribution in [2.45, 2.75) is 44.2 Å². The molecule has 3 nitrogen and oxygen atoms in total. The minimum absolute atomic E-state index is 0. The van der Waals surface area contributed by atoms with E-state index in [-0.39, 0.29) is 18.3 Å². The van der Waals surface area contributed by atoms with Crippen LogP contribution in [-0.2, 0) is 17.0 Å². The van der Waals surface area contributed by atoms with E-state index in [1.54, 1.807) is 0 Å². The van der Waals surface area contributed by atoms with Gasteiger partial charge in [0, 0.05) is 11.4 Å². The number of benzene rings is 2. The van der Waals surface area contributed by atoms with Gasteiger partial charge in [-0.25, -0.2) is 0 Å². The quantitative estimate of drug-likeness (QED) is 0.742. The van der Waals surface area contributed by atoms with Gasteiger partial charge in [0.25, 0.3) is 0 Å². The van der Waals surface area contributed by atoms with Crippen LogP contribution >= 0.6 is 24.2 Å². The number of hydrogen-bond donors (Lipinski definition) is 2. The first-order chi connectivity index (χ1) is 11.5. The molecule has 2 aromatic carbocycles. The van der Waals surface area contributed by atoms with Gasteiger partial charge in [-0.1, -0.05) is 56.3 Å². The topological polar surface area (TPSA) is 55.1 Å². The van der Waals surface area contributed by atoms with Crippen LogP contribution in [-0.4, -0.2) is 17.2 Å². The second-order valence-corrected chi connectivity index (χ2v) is 7.80. The highest BCUT2D eigenvalue weighted by atomic mass is 35.5. The second kappa shape index (κ2) is 10.5. The number of rotatable bonds is 7. The van der Waals surface area contributed by atoms with E-state index < -0.39 is 6.04 Å². The van der Waals surface area contributed by atoms with Crippen LogP contribution in [0.15, 0.2) is 48.5 Å². The lowest BCUT2D eigenvalue weighted by Crippen LogP contribution is -2.37. The van der Waals surface area contributed by atoms with E-state index in [4.69, 9.17) is 5.73 Å². The van der Waals surface area contributed by atoms with E-state index in [9.17, 15) is 4.79 Å². The van der Waals surface area contributed by atoms with Crippen LogP contribution < -0.4 is 11.1 Å². The summed E-state index contributed by atoms with van der Waals surface area (Å²) in [4.78, 5) is 12.4. The Morgan fingerprint density at radius 2 is 1.80 bits per heavy atom. The number of carbonyl (C=O) groups excluding carboxylic acids is 1. The molecule has 5 heteroatoms. The third kappa shape index (κ3) is 6.73. The minimum Gasteiger partial charge on any atom is -0.324 e. The molecule has 2 aromatic rings. The van der Waals surface area contributed by atoms with Gasteiger partial charge in [-0.2, -0.15) is 11.8 Å². The second-order valence-electron chi connectivity index (χ2n) is 6.23. The van der Waals surface area contributed by atoms with Crippen LogP contribution in [0.3, 0.4) is 0 Å². The summed E-state index contributed by atoms with van der Waals surface area (Å²) in [6, 6.07) is 15.3. The minimum atomic E-state index is -0.555. The Kier molecular flexibility index (Phi) is 9.04. The van der Waals surface area contributed by atoms with E-state index in [2.05, 4.69) is 32.2 Å². The summed E-state index contributed by atoms with van der Waals surface area (Å²) >= 11 is 1.90. The van der Waals surface area contributed by atoms with E-state index in [1.807, 2.05) is 54.2 Å². The lowest BCUT2D eigenvalue weighted by atomic mass is 10.0. The van der Waals surface area contributed by atoms with Crippen LogP contribution in [0, 0.1) is 6.92 Å². The fourth-order valence-corrected chi connectivity index (χ4v) is 3.24. The SMILES string of the molecule is Cc1c(CSC(C)C)cccc1NC(=O)[C@@H](N)Cc1ccccc1.Cl. The smallest absolute Gasteiger partial charge is 0.241 e. The highest BCUT2D eigenvalue weighted by molar-refractivity contribution is 7.99. The third-order valence-electron chi connectivity index (χ3n) is 3.91. The molecule has 1 amide bonds. The molecular formula is C20H27ClN2OS. The van der Waals surface area contributed by atoms with Crippen molar-refractivity contribution < 1.29 is 4.79 Å². The van der Waals surface area contributed by atoms with E-state index >= 15 is 0 Å². The molecule has 0 aliphatic rings. The zero-order valence-electron chi connectivity index (χ0n) is 15.0. The molecule has 2 rings (SSSR count). The number of carbonyl (C=O) groups is 1. The molecule has 0 aromatic heterocycles. The molecule has 136 valence electrons. The lowest BCUT2D eigenvalue weighted by molar-refractivity contribution is -0.117. The predicted molar refractivity (Wildman–Crippen MR) is 112 cm³/mol. The molecule has 0 aliphatic heterocycles. The summed E-state index contributed by atoms with van der Waals surface area (Å²) in [6.45, 7) is 6.43. The highest BCUT2D eigenvalue weighted by Crippen LogP contribution is 2.25. The Bertz CT molecular complexity index is 677. The highest BCUT2D eigenvalue weighted by Gasteiger charge is 2.15. The molecule has 0 spiro atoms. The summed E-state index contributed by atoms with van der Waals surface area (Å²) in [6.07, 6.45) is 0.536. The Balaban J connectivity index is 0.00000312. The van der Waals surface area contributed by atoms with Gasteiger partial charge in [0.05, 0.1) is 6.04 Å². The van der Waals surface area contributed by atoms with Gasteiger partial charge in [-0.15, -0.1) is 12.4 Å². The number of hydrogen-bond acceptors (Lipinski definition) is 3. The van der Waals surface area contributed by atoms with Crippen molar-refractivity contribution in [3.8, 4) is 0 Å². The van der Waals surface area contributed by atoms with Crippen molar-refractivity contribution >= 4 is 35.8 Å². The van der Waals surface area contributed by atoms with Gasteiger partial charge in [-0.3, -0.25) is 4.79 Å². The number of halogens is 1. The van der Waals surface area contributed by atoms with Crippen molar-refractivity contribution in [1.82, 2.24) is 0 Å². The zero-order chi connectivity index (χ0) is 17.5. The first-order valence-corrected chi connectivity index (χ1v) is 9.32. The Morgan fingerprint density at radius 3 is 2.44 bits per heavy atom. The number of nitrogens with one attached hydrogen (secondary N) is 1. The Hall–Kier alpha value is -1.49. The van der Waals surface area contributed by atoms with Gasteiger partial charge in [0.15, 0.2) is 0 Å². The number of amides is 1. The number of anilines is 1. The summed E-state index contributed by atoms with van der Waals surface area (Å²) in [5, 5.41) is 3.57. The van der Waals surface area contributed by atoms with Crippen LogP contribution in [0.4, 0.5) is 5.69 Å². The van der Waals surface area contributed by atoms with Crippen LogP contribution in [0.1, 0.15) is 30.5 Å². The summed E-state index contributed by atoms with van der Waals surface area (Å²) < 4.78 is 0. The Labute approximate surface area is 161 Å².